The minimum absolute atomic E-state index is 0.0350. The predicted octanol–water partition coefficient (Wildman–Crippen LogP) is 7.52. The second-order valence-corrected chi connectivity index (χ2v) is 8.52. The zero-order valence-corrected chi connectivity index (χ0v) is 18.6. The van der Waals surface area contributed by atoms with E-state index in [1.807, 2.05) is 0 Å². The van der Waals surface area contributed by atoms with Gasteiger partial charge in [-0.15, -0.1) is 0 Å². The Morgan fingerprint density at radius 1 is 1.04 bits per heavy atom. The van der Waals surface area contributed by atoms with Crippen LogP contribution in [0.15, 0.2) is 36.1 Å². The smallest absolute Gasteiger partial charge is 0.0371 e. The molecular weight excluding hydrogens is 302 g/mol. The summed E-state index contributed by atoms with van der Waals surface area (Å²) in [7, 11) is 0. The first-order valence-electron chi connectivity index (χ1n) is 10.3. The van der Waals surface area contributed by atoms with E-state index in [9.17, 15) is 0 Å². The SMILES string of the molecule is C=C(CC)NC(C(C)CC)C(C)(C)C(=C)CC(/C(C)=C/C)C(C)CC. The third-order valence-corrected chi connectivity index (χ3v) is 6.53. The minimum atomic E-state index is 0.0350. The van der Waals surface area contributed by atoms with Gasteiger partial charge in [0.25, 0.3) is 0 Å². The average Bonchev–Trinajstić information content (AvgIpc) is 2.61. The minimum Gasteiger partial charge on any atom is -0.385 e. The molecule has 1 heteroatoms. The Hall–Kier alpha value is -0.980. The highest BCUT2D eigenvalue weighted by Gasteiger charge is 2.36. The van der Waals surface area contributed by atoms with Crippen molar-refractivity contribution in [1.29, 1.82) is 0 Å². The second kappa shape index (κ2) is 10.9. The van der Waals surface area contributed by atoms with E-state index >= 15 is 0 Å². The average molecular weight is 348 g/mol. The lowest BCUT2D eigenvalue weighted by Gasteiger charge is -2.42. The molecule has 0 bridgehead atoms. The van der Waals surface area contributed by atoms with Gasteiger partial charge in [-0.25, -0.2) is 0 Å². The molecule has 0 aromatic rings. The molecule has 0 fully saturated rings. The van der Waals surface area contributed by atoms with Crippen molar-refractivity contribution in [2.45, 2.75) is 94.0 Å². The van der Waals surface area contributed by atoms with Gasteiger partial charge in [0.15, 0.2) is 0 Å². The summed E-state index contributed by atoms with van der Waals surface area (Å²) in [5.41, 5.74) is 4.03. The van der Waals surface area contributed by atoms with Crippen molar-refractivity contribution < 1.29 is 0 Å². The molecule has 0 rings (SSSR count). The van der Waals surface area contributed by atoms with Crippen LogP contribution in [-0.2, 0) is 0 Å². The largest absolute Gasteiger partial charge is 0.385 e. The van der Waals surface area contributed by atoms with Gasteiger partial charge in [0, 0.05) is 17.2 Å². The lowest BCUT2D eigenvalue weighted by atomic mass is 9.68. The summed E-state index contributed by atoms with van der Waals surface area (Å²) in [6, 6.07) is 0.376. The monoisotopic (exact) mass is 347 g/mol. The molecule has 0 aromatic carbocycles. The summed E-state index contributed by atoms with van der Waals surface area (Å²) in [5.74, 6) is 1.86. The highest BCUT2D eigenvalue weighted by atomic mass is 14.9. The van der Waals surface area contributed by atoms with Crippen LogP contribution >= 0.6 is 0 Å². The number of rotatable bonds is 12. The van der Waals surface area contributed by atoms with Gasteiger partial charge >= 0.3 is 0 Å². The van der Waals surface area contributed by atoms with Crippen molar-refractivity contribution in [1.82, 2.24) is 5.32 Å². The van der Waals surface area contributed by atoms with E-state index in [1.54, 1.807) is 0 Å². The van der Waals surface area contributed by atoms with Gasteiger partial charge in [0.2, 0.25) is 0 Å². The van der Waals surface area contributed by atoms with Gasteiger partial charge in [0.05, 0.1) is 0 Å². The van der Waals surface area contributed by atoms with Crippen molar-refractivity contribution in [3.8, 4) is 0 Å². The topological polar surface area (TPSA) is 12.0 Å². The van der Waals surface area contributed by atoms with Crippen LogP contribution in [0.5, 0.6) is 0 Å². The van der Waals surface area contributed by atoms with Crippen LogP contribution in [0, 0.1) is 23.2 Å². The van der Waals surface area contributed by atoms with Gasteiger partial charge in [-0.1, -0.05) is 91.7 Å². The van der Waals surface area contributed by atoms with Crippen LogP contribution in [-0.4, -0.2) is 6.04 Å². The Kier molecular flexibility index (Phi) is 10.5. The van der Waals surface area contributed by atoms with Gasteiger partial charge in [-0.3, -0.25) is 0 Å². The van der Waals surface area contributed by atoms with Crippen molar-refractivity contribution in [3.63, 3.8) is 0 Å². The Morgan fingerprint density at radius 2 is 1.56 bits per heavy atom. The molecule has 0 aromatic heterocycles. The Morgan fingerprint density at radius 3 is 1.96 bits per heavy atom. The summed E-state index contributed by atoms with van der Waals surface area (Å²) in [4.78, 5) is 0. The number of hydrogen-bond donors (Lipinski definition) is 1. The fourth-order valence-corrected chi connectivity index (χ4v) is 3.65. The highest BCUT2D eigenvalue weighted by Crippen LogP contribution is 2.41. The molecule has 0 radical (unpaired) electrons. The van der Waals surface area contributed by atoms with E-state index in [0.717, 1.165) is 25.0 Å². The molecule has 0 heterocycles. The van der Waals surface area contributed by atoms with Crippen LogP contribution in [0.3, 0.4) is 0 Å². The molecule has 4 atom stereocenters. The van der Waals surface area contributed by atoms with Gasteiger partial charge in [-0.05, 0) is 44.4 Å². The van der Waals surface area contributed by atoms with Crippen LogP contribution in [0.1, 0.15) is 88.0 Å². The third-order valence-electron chi connectivity index (χ3n) is 6.53. The number of hydrogen-bond acceptors (Lipinski definition) is 1. The van der Waals surface area contributed by atoms with E-state index in [4.69, 9.17) is 0 Å². The Balaban J connectivity index is 5.53. The lowest BCUT2D eigenvalue weighted by Crippen LogP contribution is -2.47. The van der Waals surface area contributed by atoms with Gasteiger partial charge in [-0.2, -0.15) is 0 Å². The van der Waals surface area contributed by atoms with E-state index in [2.05, 4.69) is 86.9 Å². The first-order chi connectivity index (χ1) is 11.6. The molecule has 1 nitrogen and oxygen atoms in total. The molecule has 1 N–H and O–H groups in total. The van der Waals surface area contributed by atoms with Crippen molar-refractivity contribution in [2.24, 2.45) is 23.2 Å². The molecule has 0 amide bonds. The summed E-state index contributed by atoms with van der Waals surface area (Å²) in [5, 5.41) is 3.73. The van der Waals surface area contributed by atoms with E-state index in [1.165, 1.54) is 17.6 Å². The van der Waals surface area contributed by atoms with Crippen LogP contribution in [0.4, 0.5) is 0 Å². The molecule has 0 saturated carbocycles. The Bertz CT molecular complexity index is 455. The molecule has 0 aliphatic rings. The Labute approximate surface area is 159 Å². The maximum absolute atomic E-state index is 4.57. The molecular formula is C24H45N. The first kappa shape index (κ1) is 24.0. The molecule has 0 aliphatic heterocycles. The molecule has 0 spiro atoms. The van der Waals surface area contributed by atoms with Crippen LogP contribution in [0.25, 0.3) is 0 Å². The fourth-order valence-electron chi connectivity index (χ4n) is 3.65. The maximum Gasteiger partial charge on any atom is 0.0371 e. The number of nitrogens with one attached hydrogen (secondary N) is 1. The zero-order chi connectivity index (χ0) is 19.8. The summed E-state index contributed by atoms with van der Waals surface area (Å²) < 4.78 is 0. The maximum atomic E-state index is 4.57. The standard InChI is InChI=1S/C24H45N/c1-12-17(5)22(18(6)13-2)16-20(8)24(10,11)23(19(7)14-3)25-21(9)15-4/h12,18-19,22-23,25H,8-9,13-16H2,1-7,10-11H3/b17-12+. The van der Waals surface area contributed by atoms with Crippen molar-refractivity contribution in [2.75, 3.05) is 0 Å². The lowest BCUT2D eigenvalue weighted by molar-refractivity contribution is 0.215. The molecule has 0 saturated heterocycles. The van der Waals surface area contributed by atoms with Gasteiger partial charge in [0.1, 0.15) is 0 Å². The van der Waals surface area contributed by atoms with Crippen LogP contribution < -0.4 is 5.32 Å². The summed E-state index contributed by atoms with van der Waals surface area (Å²) in [6.45, 7) is 29.4. The quantitative estimate of drug-likeness (QED) is 0.360. The number of allylic oxidation sites excluding steroid dienone is 3. The predicted molar refractivity (Wildman–Crippen MR) is 116 cm³/mol. The van der Waals surface area contributed by atoms with Crippen molar-refractivity contribution in [3.05, 3.63) is 36.1 Å². The van der Waals surface area contributed by atoms with Crippen molar-refractivity contribution >= 4 is 0 Å². The highest BCUT2D eigenvalue weighted by molar-refractivity contribution is 5.18. The van der Waals surface area contributed by atoms with Gasteiger partial charge < -0.3 is 5.32 Å². The van der Waals surface area contributed by atoms with E-state index in [0.29, 0.717) is 23.8 Å². The first-order valence-corrected chi connectivity index (χ1v) is 10.3. The molecule has 0 aliphatic carbocycles. The van der Waals surface area contributed by atoms with E-state index in [-0.39, 0.29) is 5.41 Å². The molecule has 25 heavy (non-hydrogen) atoms. The normalized spacial score (nSPS) is 17.6. The fraction of sp³-hybridized carbons (Fsp3) is 0.750. The summed E-state index contributed by atoms with van der Waals surface area (Å²) in [6.07, 6.45) is 6.70. The molecule has 4 unspecified atom stereocenters. The van der Waals surface area contributed by atoms with E-state index < -0.39 is 0 Å². The molecule has 146 valence electrons. The third kappa shape index (κ3) is 6.68. The second-order valence-electron chi connectivity index (χ2n) is 8.52. The summed E-state index contributed by atoms with van der Waals surface area (Å²) >= 11 is 0. The van der Waals surface area contributed by atoms with Crippen LogP contribution in [0.2, 0.25) is 0 Å². The zero-order valence-electron chi connectivity index (χ0n) is 18.6.